The Morgan fingerprint density at radius 3 is 2.68 bits per heavy atom. The number of nitrogens with zero attached hydrogens (tertiary/aromatic N) is 6. The van der Waals surface area contributed by atoms with Crippen LogP contribution in [-0.2, 0) is 11.3 Å². The van der Waals surface area contributed by atoms with Gasteiger partial charge in [0.25, 0.3) is 5.56 Å². The number of fused-ring (bicyclic) bond motifs is 3. The van der Waals surface area contributed by atoms with E-state index in [0.29, 0.717) is 24.8 Å². The Morgan fingerprint density at radius 2 is 2.09 bits per heavy atom. The normalized spacial score (nSPS) is 23.9. The third-order valence-electron chi connectivity index (χ3n) is 6.65. The molecule has 0 N–H and O–H groups in total. The number of halogens is 3. The number of hydrogen-bond donors (Lipinski definition) is 0. The molecule has 2 aromatic heterocycles. The zero-order valence-corrected chi connectivity index (χ0v) is 18.8. The second-order valence-electron chi connectivity index (χ2n) is 9.10. The maximum Gasteiger partial charge on any atom is 0.408 e. The summed E-state index contributed by atoms with van der Waals surface area (Å²) in [4.78, 5) is 39.1. The molecule has 0 aromatic carbocycles. The summed E-state index contributed by atoms with van der Waals surface area (Å²) in [5.41, 5.74) is -0.241. The number of aromatic nitrogens is 3. The van der Waals surface area contributed by atoms with Crippen molar-refractivity contribution in [3.05, 3.63) is 40.3 Å². The molecule has 2 saturated heterocycles. The Hall–Kier alpha value is -3.15. The third-order valence-corrected chi connectivity index (χ3v) is 6.65. The van der Waals surface area contributed by atoms with Crippen LogP contribution in [0.25, 0.3) is 0 Å². The Kier molecular flexibility index (Phi) is 5.50. The van der Waals surface area contributed by atoms with Crippen LogP contribution in [0.1, 0.15) is 23.2 Å². The van der Waals surface area contributed by atoms with Crippen molar-refractivity contribution in [2.24, 2.45) is 0 Å². The first-order chi connectivity index (χ1) is 16.1. The minimum Gasteiger partial charge on any atom is -0.374 e. The van der Waals surface area contributed by atoms with Crippen molar-refractivity contribution in [2.45, 2.75) is 43.8 Å². The van der Waals surface area contributed by atoms with Gasteiger partial charge < -0.3 is 19.4 Å². The minimum absolute atomic E-state index is 0.0313. The average molecular weight is 478 g/mol. The summed E-state index contributed by atoms with van der Waals surface area (Å²) in [7, 11) is 3.59. The van der Waals surface area contributed by atoms with Gasteiger partial charge in [-0.25, -0.2) is 4.98 Å². The molecular formula is C22H25F3N6O3. The SMILES string of the molecule is CN(C)c1ccc(C(=O)CN2c3nc(N4CC5CC4CO5)cc(=O)n3CC[C@H]2C(F)(F)F)cn1. The minimum atomic E-state index is -4.59. The molecule has 2 bridgehead atoms. The topological polar surface area (TPSA) is 83.8 Å². The lowest BCUT2D eigenvalue weighted by Crippen LogP contribution is -2.54. The van der Waals surface area contributed by atoms with Crippen LogP contribution in [0.5, 0.6) is 0 Å². The quantitative estimate of drug-likeness (QED) is 0.601. The maximum absolute atomic E-state index is 14.0. The number of Topliss-reactive ketones (excluding diaryl/α,β-unsaturated/α-hetero) is 1. The Bertz CT molecular complexity index is 1150. The van der Waals surface area contributed by atoms with E-state index in [9.17, 15) is 22.8 Å². The number of carbonyl (C=O) groups excluding carboxylic acids is 1. The van der Waals surface area contributed by atoms with E-state index in [0.717, 1.165) is 11.3 Å². The Balaban J connectivity index is 1.50. The third kappa shape index (κ3) is 3.99. The van der Waals surface area contributed by atoms with Gasteiger partial charge >= 0.3 is 6.18 Å². The highest BCUT2D eigenvalue weighted by Crippen LogP contribution is 2.36. The van der Waals surface area contributed by atoms with Crippen molar-refractivity contribution < 1.29 is 22.7 Å². The summed E-state index contributed by atoms with van der Waals surface area (Å²) in [6.45, 7) is 0.336. The van der Waals surface area contributed by atoms with Crippen LogP contribution in [0, 0.1) is 0 Å². The van der Waals surface area contributed by atoms with Gasteiger partial charge in [0, 0.05) is 45.0 Å². The van der Waals surface area contributed by atoms with Crippen molar-refractivity contribution in [3.63, 3.8) is 0 Å². The monoisotopic (exact) mass is 478 g/mol. The average Bonchev–Trinajstić information content (AvgIpc) is 3.42. The van der Waals surface area contributed by atoms with E-state index >= 15 is 0 Å². The molecule has 5 heterocycles. The molecule has 3 aliphatic heterocycles. The van der Waals surface area contributed by atoms with Crippen LogP contribution in [0.3, 0.4) is 0 Å². The van der Waals surface area contributed by atoms with Gasteiger partial charge in [0.1, 0.15) is 17.7 Å². The number of carbonyl (C=O) groups is 1. The lowest BCUT2D eigenvalue weighted by molar-refractivity contribution is -0.152. The van der Waals surface area contributed by atoms with Crippen molar-refractivity contribution in [1.29, 1.82) is 0 Å². The van der Waals surface area contributed by atoms with Gasteiger partial charge in [-0.05, 0) is 25.0 Å². The number of ether oxygens (including phenoxy) is 1. The number of pyridine rings is 1. The van der Waals surface area contributed by atoms with Crippen LogP contribution in [0.4, 0.5) is 30.8 Å². The second-order valence-corrected chi connectivity index (χ2v) is 9.10. The molecule has 0 saturated carbocycles. The molecule has 2 unspecified atom stereocenters. The number of rotatable bonds is 5. The lowest BCUT2D eigenvalue weighted by Gasteiger charge is -2.39. The van der Waals surface area contributed by atoms with E-state index in [-0.39, 0.29) is 36.6 Å². The number of ketones is 1. The van der Waals surface area contributed by atoms with E-state index in [1.807, 2.05) is 4.90 Å². The molecule has 2 aromatic rings. The van der Waals surface area contributed by atoms with Gasteiger partial charge in [0.2, 0.25) is 5.95 Å². The fourth-order valence-corrected chi connectivity index (χ4v) is 4.87. The van der Waals surface area contributed by atoms with E-state index in [2.05, 4.69) is 9.97 Å². The zero-order chi connectivity index (χ0) is 24.2. The lowest BCUT2D eigenvalue weighted by atomic mass is 10.1. The maximum atomic E-state index is 14.0. The molecular weight excluding hydrogens is 453 g/mol. The molecule has 3 atom stereocenters. The Labute approximate surface area is 193 Å². The second kappa shape index (κ2) is 8.26. The van der Waals surface area contributed by atoms with Gasteiger partial charge in [0.05, 0.1) is 25.3 Å². The number of alkyl halides is 3. The number of morpholine rings is 1. The van der Waals surface area contributed by atoms with Gasteiger partial charge in [-0.15, -0.1) is 0 Å². The molecule has 0 aliphatic carbocycles. The molecule has 0 spiro atoms. The van der Waals surface area contributed by atoms with E-state index in [1.165, 1.54) is 22.9 Å². The van der Waals surface area contributed by atoms with E-state index in [4.69, 9.17) is 4.74 Å². The molecule has 0 amide bonds. The summed E-state index contributed by atoms with van der Waals surface area (Å²) in [5.74, 6) is 0.277. The summed E-state index contributed by atoms with van der Waals surface area (Å²) >= 11 is 0. The predicted octanol–water partition coefficient (Wildman–Crippen LogP) is 1.71. The predicted molar refractivity (Wildman–Crippen MR) is 119 cm³/mol. The highest BCUT2D eigenvalue weighted by molar-refractivity contribution is 5.99. The Morgan fingerprint density at radius 1 is 1.29 bits per heavy atom. The van der Waals surface area contributed by atoms with Crippen molar-refractivity contribution in [2.75, 3.05) is 48.5 Å². The van der Waals surface area contributed by atoms with Gasteiger partial charge in [-0.3, -0.25) is 14.2 Å². The number of anilines is 3. The summed E-state index contributed by atoms with van der Waals surface area (Å²) < 4.78 is 48.8. The van der Waals surface area contributed by atoms with Gasteiger partial charge in [-0.2, -0.15) is 18.2 Å². The highest BCUT2D eigenvalue weighted by Gasteiger charge is 2.48. The molecule has 5 rings (SSSR count). The van der Waals surface area contributed by atoms with E-state index < -0.39 is 30.1 Å². The summed E-state index contributed by atoms with van der Waals surface area (Å²) in [6.07, 6.45) is -2.76. The first kappa shape index (κ1) is 22.6. The van der Waals surface area contributed by atoms with Crippen LogP contribution < -0.4 is 20.3 Å². The smallest absolute Gasteiger partial charge is 0.374 e. The van der Waals surface area contributed by atoms with Crippen LogP contribution >= 0.6 is 0 Å². The molecule has 182 valence electrons. The van der Waals surface area contributed by atoms with Crippen LogP contribution in [-0.4, -0.2) is 78.5 Å². The fraction of sp³-hybridized carbons (Fsp3) is 0.545. The van der Waals surface area contributed by atoms with Gasteiger partial charge in [-0.1, -0.05) is 0 Å². The van der Waals surface area contributed by atoms with Gasteiger partial charge in [0.15, 0.2) is 5.78 Å². The van der Waals surface area contributed by atoms with Crippen molar-refractivity contribution >= 4 is 23.4 Å². The highest BCUT2D eigenvalue weighted by atomic mass is 19.4. The number of hydrogen-bond acceptors (Lipinski definition) is 8. The first-order valence-corrected chi connectivity index (χ1v) is 11.1. The fourth-order valence-electron chi connectivity index (χ4n) is 4.87. The van der Waals surface area contributed by atoms with E-state index in [1.54, 1.807) is 25.1 Å². The van der Waals surface area contributed by atoms with Crippen molar-refractivity contribution in [3.8, 4) is 0 Å². The van der Waals surface area contributed by atoms with Crippen LogP contribution in [0.15, 0.2) is 29.2 Å². The largest absolute Gasteiger partial charge is 0.408 e. The first-order valence-electron chi connectivity index (χ1n) is 11.1. The molecule has 9 nitrogen and oxygen atoms in total. The summed E-state index contributed by atoms with van der Waals surface area (Å²) in [6, 6.07) is 2.64. The standard InChI is InChI=1S/C22H25F3N6O3/c1-28(2)18-4-3-13(9-26-18)16(32)11-31-17(22(23,24)25)5-6-29-20(33)8-19(27-21(29)31)30-10-15-7-14(30)12-34-15/h3-4,8-9,14-15,17H,5-7,10-12H2,1-2H3/t14?,15?,17-/m0/s1. The molecule has 12 heteroatoms. The molecule has 34 heavy (non-hydrogen) atoms. The van der Waals surface area contributed by atoms with Crippen molar-refractivity contribution in [1.82, 2.24) is 14.5 Å². The van der Waals surface area contributed by atoms with Crippen LogP contribution in [0.2, 0.25) is 0 Å². The molecule has 0 radical (unpaired) electrons. The molecule has 2 fully saturated rings. The zero-order valence-electron chi connectivity index (χ0n) is 18.8. The summed E-state index contributed by atoms with van der Waals surface area (Å²) in [5, 5.41) is 0. The molecule has 3 aliphatic rings.